The van der Waals surface area contributed by atoms with E-state index < -0.39 is 0 Å². The molecule has 106 valence electrons. The smallest absolute Gasteiger partial charge is 0.266 e. The zero-order chi connectivity index (χ0) is 14.4. The van der Waals surface area contributed by atoms with Crippen molar-refractivity contribution < 1.29 is 9.53 Å². The van der Waals surface area contributed by atoms with Gasteiger partial charge in [-0.1, -0.05) is 0 Å². The number of pyridine rings is 1. The van der Waals surface area contributed by atoms with E-state index in [1.54, 1.807) is 23.5 Å². The minimum absolute atomic E-state index is 0.356. The first-order chi connectivity index (χ1) is 9.70. The molecule has 0 atom stereocenters. The quantitative estimate of drug-likeness (QED) is 0.361. The van der Waals surface area contributed by atoms with Crippen molar-refractivity contribution in [3.63, 3.8) is 0 Å². The number of amides is 1. The summed E-state index contributed by atoms with van der Waals surface area (Å²) in [5.74, 6) is 4.69. The summed E-state index contributed by atoms with van der Waals surface area (Å²) in [6.07, 6.45) is 2.33. The predicted octanol–water partition coefficient (Wildman–Crippen LogP) is 1.21. The highest BCUT2D eigenvalue weighted by molar-refractivity contribution is 7.09. The fourth-order valence-electron chi connectivity index (χ4n) is 1.64. The third-order valence-corrected chi connectivity index (χ3v) is 3.78. The maximum atomic E-state index is 11.2. The number of hydrogen-bond acceptors (Lipinski definition) is 6. The molecule has 2 aromatic heterocycles. The minimum atomic E-state index is -0.356. The molecule has 0 aromatic carbocycles. The second-order valence-electron chi connectivity index (χ2n) is 4.18. The van der Waals surface area contributed by atoms with Crippen LogP contribution in [0.3, 0.4) is 0 Å². The van der Waals surface area contributed by atoms with Crippen molar-refractivity contribution in [3.8, 4) is 0 Å². The van der Waals surface area contributed by atoms with Crippen molar-refractivity contribution in [2.75, 3.05) is 6.61 Å². The van der Waals surface area contributed by atoms with E-state index >= 15 is 0 Å². The standard InChI is InChI=1S/C13H16N4O2S/c1-9-12(20-8-16-9)4-5-19-7-11-3-2-10(6-15-11)13(18)17-14/h2-3,6,8H,4-5,7,14H2,1H3,(H,17,18). The number of ether oxygens (including phenoxy) is 1. The number of aromatic nitrogens is 2. The third-order valence-electron chi connectivity index (χ3n) is 2.79. The lowest BCUT2D eigenvalue weighted by Crippen LogP contribution is -2.30. The number of nitrogen functional groups attached to an aromatic ring is 1. The fraction of sp³-hybridized carbons (Fsp3) is 0.308. The van der Waals surface area contributed by atoms with Gasteiger partial charge in [-0.15, -0.1) is 11.3 Å². The first kappa shape index (κ1) is 14.6. The topological polar surface area (TPSA) is 90.1 Å². The SMILES string of the molecule is Cc1ncsc1CCOCc1ccc(C(=O)NN)cn1. The molecule has 20 heavy (non-hydrogen) atoms. The van der Waals surface area contributed by atoms with E-state index in [9.17, 15) is 4.79 Å². The van der Waals surface area contributed by atoms with E-state index in [4.69, 9.17) is 10.6 Å². The Bertz CT molecular complexity index is 568. The first-order valence-electron chi connectivity index (χ1n) is 6.13. The van der Waals surface area contributed by atoms with Crippen molar-refractivity contribution in [1.29, 1.82) is 0 Å². The Morgan fingerprint density at radius 3 is 2.90 bits per heavy atom. The molecular formula is C13H16N4O2S. The van der Waals surface area contributed by atoms with Crippen molar-refractivity contribution in [3.05, 3.63) is 45.7 Å². The lowest BCUT2D eigenvalue weighted by Gasteiger charge is -2.04. The maximum absolute atomic E-state index is 11.2. The number of carbonyl (C=O) groups excluding carboxylic acids is 1. The van der Waals surface area contributed by atoms with Gasteiger partial charge in [-0.05, 0) is 19.1 Å². The van der Waals surface area contributed by atoms with Crippen molar-refractivity contribution >= 4 is 17.2 Å². The van der Waals surface area contributed by atoms with Gasteiger partial charge in [-0.3, -0.25) is 15.2 Å². The number of hydrogen-bond donors (Lipinski definition) is 2. The Morgan fingerprint density at radius 2 is 2.30 bits per heavy atom. The monoisotopic (exact) mass is 292 g/mol. The maximum Gasteiger partial charge on any atom is 0.266 e. The highest BCUT2D eigenvalue weighted by atomic mass is 32.1. The van der Waals surface area contributed by atoms with Crippen LogP contribution in [0.1, 0.15) is 26.6 Å². The van der Waals surface area contributed by atoms with Gasteiger partial charge in [0.05, 0.1) is 35.7 Å². The second kappa shape index (κ2) is 7.09. The number of carbonyl (C=O) groups is 1. The van der Waals surface area contributed by atoms with Crippen LogP contribution in [0.15, 0.2) is 23.8 Å². The zero-order valence-electron chi connectivity index (χ0n) is 11.1. The molecule has 0 saturated carbocycles. The number of rotatable bonds is 6. The number of thiazole rings is 1. The van der Waals surface area contributed by atoms with Crippen LogP contribution in [0.4, 0.5) is 0 Å². The molecule has 1 amide bonds. The Labute approximate surface area is 121 Å². The highest BCUT2D eigenvalue weighted by Gasteiger charge is 2.04. The minimum Gasteiger partial charge on any atom is -0.375 e. The molecule has 0 fully saturated rings. The van der Waals surface area contributed by atoms with Crippen LogP contribution in [0.5, 0.6) is 0 Å². The van der Waals surface area contributed by atoms with Crippen LogP contribution < -0.4 is 11.3 Å². The van der Waals surface area contributed by atoms with Gasteiger partial charge in [-0.25, -0.2) is 10.8 Å². The summed E-state index contributed by atoms with van der Waals surface area (Å²) in [6, 6.07) is 3.42. The van der Waals surface area contributed by atoms with Crippen molar-refractivity contribution in [1.82, 2.24) is 15.4 Å². The fourth-order valence-corrected chi connectivity index (χ4v) is 2.40. The van der Waals surface area contributed by atoms with E-state index in [1.807, 2.05) is 12.4 Å². The van der Waals surface area contributed by atoms with Gasteiger partial charge in [-0.2, -0.15) is 0 Å². The van der Waals surface area contributed by atoms with Gasteiger partial charge in [0.2, 0.25) is 0 Å². The van der Waals surface area contributed by atoms with Gasteiger partial charge in [0.25, 0.3) is 5.91 Å². The zero-order valence-corrected chi connectivity index (χ0v) is 11.9. The van der Waals surface area contributed by atoms with Crippen LogP contribution in [0.2, 0.25) is 0 Å². The second-order valence-corrected chi connectivity index (χ2v) is 5.11. The molecule has 7 heteroatoms. The normalized spacial score (nSPS) is 10.5. The average Bonchev–Trinajstić information content (AvgIpc) is 2.89. The van der Waals surface area contributed by atoms with Crippen LogP contribution in [-0.4, -0.2) is 22.5 Å². The molecule has 0 aliphatic heterocycles. The van der Waals surface area contributed by atoms with Gasteiger partial charge >= 0.3 is 0 Å². The Hall–Kier alpha value is -1.83. The van der Waals surface area contributed by atoms with Crippen LogP contribution in [0.25, 0.3) is 0 Å². The van der Waals surface area contributed by atoms with Gasteiger partial charge in [0.15, 0.2) is 0 Å². The predicted molar refractivity (Wildman–Crippen MR) is 76.1 cm³/mol. The lowest BCUT2D eigenvalue weighted by molar-refractivity contribution is 0.0952. The molecule has 0 radical (unpaired) electrons. The van der Waals surface area contributed by atoms with Gasteiger partial charge < -0.3 is 4.74 Å². The van der Waals surface area contributed by atoms with Crippen LogP contribution >= 0.6 is 11.3 Å². The van der Waals surface area contributed by atoms with Gasteiger partial charge in [0, 0.05) is 17.5 Å². The summed E-state index contributed by atoms with van der Waals surface area (Å²) in [5.41, 5.74) is 6.17. The molecule has 3 N–H and O–H groups in total. The highest BCUT2D eigenvalue weighted by Crippen LogP contribution is 2.12. The Balaban J connectivity index is 1.77. The Morgan fingerprint density at radius 1 is 1.45 bits per heavy atom. The van der Waals surface area contributed by atoms with E-state index in [0.717, 1.165) is 17.8 Å². The number of nitrogens with zero attached hydrogens (tertiary/aromatic N) is 2. The van der Waals surface area contributed by atoms with Crippen LogP contribution in [0, 0.1) is 6.92 Å². The summed E-state index contributed by atoms with van der Waals surface area (Å²) < 4.78 is 5.57. The summed E-state index contributed by atoms with van der Waals surface area (Å²) in [4.78, 5) is 20.8. The molecule has 0 saturated heterocycles. The molecule has 0 bridgehead atoms. The number of nitrogens with one attached hydrogen (secondary N) is 1. The summed E-state index contributed by atoms with van der Waals surface area (Å²) in [5, 5.41) is 0. The van der Waals surface area contributed by atoms with E-state index in [2.05, 4.69) is 15.4 Å². The summed E-state index contributed by atoms with van der Waals surface area (Å²) in [6.45, 7) is 3.03. The third kappa shape index (κ3) is 3.83. The molecule has 0 aliphatic carbocycles. The molecule has 2 heterocycles. The largest absolute Gasteiger partial charge is 0.375 e. The van der Waals surface area contributed by atoms with Crippen molar-refractivity contribution in [2.45, 2.75) is 20.0 Å². The summed E-state index contributed by atoms with van der Waals surface area (Å²) in [7, 11) is 0. The van der Waals surface area contributed by atoms with E-state index in [0.29, 0.717) is 18.8 Å². The van der Waals surface area contributed by atoms with Gasteiger partial charge in [0.1, 0.15) is 0 Å². The molecule has 0 aliphatic rings. The average molecular weight is 292 g/mol. The molecule has 0 spiro atoms. The number of nitrogens with two attached hydrogens (primary N) is 1. The van der Waals surface area contributed by atoms with Crippen LogP contribution in [-0.2, 0) is 17.8 Å². The molecule has 2 rings (SSSR count). The first-order valence-corrected chi connectivity index (χ1v) is 7.01. The molecule has 0 unspecified atom stereocenters. The summed E-state index contributed by atoms with van der Waals surface area (Å²) >= 11 is 1.64. The van der Waals surface area contributed by atoms with Crippen molar-refractivity contribution in [2.24, 2.45) is 5.84 Å². The molecular weight excluding hydrogens is 276 g/mol. The molecule has 2 aromatic rings. The van der Waals surface area contributed by atoms with E-state index in [-0.39, 0.29) is 5.91 Å². The Kier molecular flexibility index (Phi) is 5.16. The number of hydrazine groups is 1. The number of aryl methyl sites for hydroxylation is 1. The molecule has 6 nitrogen and oxygen atoms in total. The van der Waals surface area contributed by atoms with E-state index in [1.165, 1.54) is 11.1 Å². The lowest BCUT2D eigenvalue weighted by atomic mass is 10.2.